The van der Waals surface area contributed by atoms with Crippen molar-refractivity contribution in [3.05, 3.63) is 30.0 Å². The predicted molar refractivity (Wildman–Crippen MR) is 109 cm³/mol. The van der Waals surface area contributed by atoms with Gasteiger partial charge in [-0.15, -0.1) is 0 Å². The molecule has 2 bridgehead atoms. The zero-order valence-electron chi connectivity index (χ0n) is 17.1. The summed E-state index contributed by atoms with van der Waals surface area (Å²) in [5, 5.41) is 3.79. The Kier molecular flexibility index (Phi) is 4.49. The van der Waals surface area contributed by atoms with Crippen LogP contribution in [-0.4, -0.2) is 48.0 Å². The average molecular weight is 383 g/mol. The highest BCUT2D eigenvalue weighted by molar-refractivity contribution is 6.11. The van der Waals surface area contributed by atoms with Gasteiger partial charge in [0.05, 0.1) is 19.3 Å². The minimum atomic E-state index is -0.488. The third-order valence-corrected chi connectivity index (χ3v) is 6.23. The summed E-state index contributed by atoms with van der Waals surface area (Å²) in [6, 6.07) is 7.99. The molecule has 4 rings (SSSR count). The molecule has 150 valence electrons. The van der Waals surface area contributed by atoms with Crippen molar-refractivity contribution in [1.29, 1.82) is 0 Å². The molecule has 2 atom stereocenters. The molecule has 2 N–H and O–H groups in total. The van der Waals surface area contributed by atoms with Gasteiger partial charge < -0.3 is 15.0 Å². The maximum atomic E-state index is 12.9. The number of rotatable bonds is 4. The van der Waals surface area contributed by atoms with Crippen LogP contribution in [0.25, 0.3) is 10.9 Å². The lowest BCUT2D eigenvalue weighted by molar-refractivity contribution is -0.117. The molecule has 1 saturated carbocycles. The van der Waals surface area contributed by atoms with Gasteiger partial charge in [0.15, 0.2) is 0 Å². The lowest BCUT2D eigenvalue weighted by atomic mass is 9.65. The predicted octanol–water partition coefficient (Wildman–Crippen LogP) is 3.79. The molecule has 1 aromatic heterocycles. The van der Waals surface area contributed by atoms with Crippen molar-refractivity contribution < 1.29 is 14.3 Å². The molecule has 2 aromatic rings. The van der Waals surface area contributed by atoms with Gasteiger partial charge in [-0.05, 0) is 36.2 Å². The van der Waals surface area contributed by atoms with Crippen LogP contribution >= 0.6 is 0 Å². The van der Waals surface area contributed by atoms with Gasteiger partial charge in [0.1, 0.15) is 5.69 Å². The minimum Gasteiger partial charge on any atom is -0.464 e. The van der Waals surface area contributed by atoms with Gasteiger partial charge in [-0.1, -0.05) is 39.0 Å². The van der Waals surface area contributed by atoms with Gasteiger partial charge in [-0.3, -0.25) is 9.69 Å². The maximum Gasteiger partial charge on any atom is 0.356 e. The first kappa shape index (κ1) is 19.0. The molecule has 2 fully saturated rings. The van der Waals surface area contributed by atoms with E-state index in [-0.39, 0.29) is 17.0 Å². The Labute approximate surface area is 165 Å². The molecule has 6 nitrogen and oxygen atoms in total. The second kappa shape index (κ2) is 6.62. The molecule has 0 unspecified atom stereocenters. The largest absolute Gasteiger partial charge is 0.464 e. The summed E-state index contributed by atoms with van der Waals surface area (Å²) in [6.07, 6.45) is 3.48. The highest BCUT2D eigenvalue weighted by Crippen LogP contribution is 2.52. The van der Waals surface area contributed by atoms with Crippen molar-refractivity contribution in [2.24, 2.45) is 10.8 Å². The monoisotopic (exact) mass is 383 g/mol. The topological polar surface area (TPSA) is 74.4 Å². The average Bonchev–Trinajstić information content (AvgIpc) is 3.08. The number of hydrogen-bond acceptors (Lipinski definition) is 4. The number of ether oxygens (including phenoxy) is 1. The van der Waals surface area contributed by atoms with Gasteiger partial charge in [0, 0.05) is 23.5 Å². The number of anilines is 1. The summed E-state index contributed by atoms with van der Waals surface area (Å²) < 4.78 is 4.88. The van der Waals surface area contributed by atoms with Gasteiger partial charge in [-0.25, -0.2) is 4.79 Å². The number of nitrogens with one attached hydrogen (secondary N) is 2. The number of amides is 1. The number of likely N-dealkylation sites (tertiary alicyclic amines) is 1. The van der Waals surface area contributed by atoms with Crippen LogP contribution in [0.3, 0.4) is 0 Å². The number of fused-ring (bicyclic) bond motifs is 3. The van der Waals surface area contributed by atoms with Crippen molar-refractivity contribution in [3.8, 4) is 0 Å². The van der Waals surface area contributed by atoms with Crippen LogP contribution in [0, 0.1) is 10.8 Å². The van der Waals surface area contributed by atoms with E-state index in [4.69, 9.17) is 4.74 Å². The van der Waals surface area contributed by atoms with Crippen LogP contribution in [0.1, 0.15) is 50.5 Å². The Morgan fingerprint density at radius 2 is 2.00 bits per heavy atom. The second-order valence-corrected chi connectivity index (χ2v) is 9.58. The number of esters is 1. The SMILES string of the molecule is COC(=O)c1[nH]c2ccccc2c1NC(=O)CN1C[C@@]2(C)C[C@@H]1CC(C)(C)C2. The lowest BCUT2D eigenvalue weighted by Crippen LogP contribution is -2.38. The second-order valence-electron chi connectivity index (χ2n) is 9.58. The number of nitrogens with zero attached hydrogens (tertiary/aromatic N) is 1. The number of H-pyrrole nitrogens is 1. The molecule has 1 aromatic carbocycles. The van der Waals surface area contributed by atoms with Crippen molar-refractivity contribution in [2.75, 3.05) is 25.5 Å². The van der Waals surface area contributed by atoms with E-state index in [2.05, 4.69) is 36.0 Å². The van der Waals surface area contributed by atoms with E-state index >= 15 is 0 Å². The molecule has 2 heterocycles. The summed E-state index contributed by atoms with van der Waals surface area (Å²) in [7, 11) is 1.34. The van der Waals surface area contributed by atoms with Gasteiger partial charge in [-0.2, -0.15) is 0 Å². The molecule has 1 saturated heterocycles. The molecular weight excluding hydrogens is 354 g/mol. The first-order chi connectivity index (χ1) is 13.2. The Morgan fingerprint density at radius 3 is 2.75 bits per heavy atom. The van der Waals surface area contributed by atoms with E-state index in [9.17, 15) is 9.59 Å². The number of benzene rings is 1. The fourth-order valence-corrected chi connectivity index (χ4v) is 5.65. The Hall–Kier alpha value is -2.34. The molecule has 1 aliphatic carbocycles. The number of hydrogen-bond donors (Lipinski definition) is 2. The molecule has 0 radical (unpaired) electrons. The Bertz CT molecular complexity index is 932. The molecule has 6 heteroatoms. The smallest absolute Gasteiger partial charge is 0.356 e. The molecule has 28 heavy (non-hydrogen) atoms. The van der Waals surface area contributed by atoms with E-state index in [1.165, 1.54) is 13.5 Å². The summed E-state index contributed by atoms with van der Waals surface area (Å²) in [5.41, 5.74) is 2.18. The zero-order valence-corrected chi connectivity index (χ0v) is 17.1. The van der Waals surface area contributed by atoms with Crippen LogP contribution in [0.5, 0.6) is 0 Å². The highest BCUT2D eigenvalue weighted by atomic mass is 16.5. The quantitative estimate of drug-likeness (QED) is 0.788. The Morgan fingerprint density at radius 1 is 1.25 bits per heavy atom. The summed E-state index contributed by atoms with van der Waals surface area (Å²) in [4.78, 5) is 30.5. The Balaban J connectivity index is 1.54. The van der Waals surface area contributed by atoms with Crippen molar-refractivity contribution >= 4 is 28.5 Å². The van der Waals surface area contributed by atoms with E-state index in [0.717, 1.165) is 30.3 Å². The van der Waals surface area contributed by atoms with Crippen LogP contribution in [0.15, 0.2) is 24.3 Å². The molecule has 1 amide bonds. The summed E-state index contributed by atoms with van der Waals surface area (Å²) in [6.45, 7) is 8.29. The minimum absolute atomic E-state index is 0.0936. The van der Waals surface area contributed by atoms with E-state index < -0.39 is 5.97 Å². The van der Waals surface area contributed by atoms with E-state index in [0.29, 0.717) is 23.7 Å². The number of carbonyl (C=O) groups is 2. The van der Waals surface area contributed by atoms with Crippen LogP contribution in [-0.2, 0) is 9.53 Å². The third kappa shape index (κ3) is 3.41. The van der Waals surface area contributed by atoms with Crippen molar-refractivity contribution in [1.82, 2.24) is 9.88 Å². The molecule has 1 aliphatic heterocycles. The fraction of sp³-hybridized carbons (Fsp3) is 0.545. The lowest BCUT2D eigenvalue weighted by Gasteiger charge is -2.39. The molecular formula is C22H29N3O3. The standard InChI is InChI=1S/C22H29N3O3/c1-21(2)9-14-10-22(3,12-21)13-25(14)11-17(26)24-18-15-7-5-6-8-16(15)23-19(18)20(27)28-4/h5-8,14,23H,9-13H2,1-4H3,(H,24,26)/t14-,22-/m0/s1. The van der Waals surface area contributed by atoms with E-state index in [1.807, 2.05) is 24.3 Å². The number of carbonyl (C=O) groups excluding carboxylic acids is 2. The molecule has 2 aliphatic rings. The fourth-order valence-electron chi connectivity index (χ4n) is 5.65. The normalized spacial score (nSPS) is 26.4. The van der Waals surface area contributed by atoms with Crippen LogP contribution in [0.4, 0.5) is 5.69 Å². The van der Waals surface area contributed by atoms with Crippen LogP contribution in [0.2, 0.25) is 0 Å². The summed E-state index contributed by atoms with van der Waals surface area (Å²) >= 11 is 0. The zero-order chi connectivity index (χ0) is 20.1. The first-order valence-electron chi connectivity index (χ1n) is 9.93. The summed E-state index contributed by atoms with van der Waals surface area (Å²) in [5.74, 6) is -0.582. The number of aromatic nitrogens is 1. The van der Waals surface area contributed by atoms with Gasteiger partial charge in [0.2, 0.25) is 5.91 Å². The van der Waals surface area contributed by atoms with E-state index in [1.54, 1.807) is 0 Å². The van der Waals surface area contributed by atoms with Crippen LogP contribution < -0.4 is 5.32 Å². The highest BCUT2D eigenvalue weighted by Gasteiger charge is 2.49. The van der Waals surface area contributed by atoms with Gasteiger partial charge in [0.25, 0.3) is 0 Å². The molecule has 0 spiro atoms. The number of methoxy groups -OCH3 is 1. The van der Waals surface area contributed by atoms with Gasteiger partial charge >= 0.3 is 5.97 Å². The maximum absolute atomic E-state index is 12.9. The number of para-hydroxylation sites is 1. The number of aromatic amines is 1. The van der Waals surface area contributed by atoms with Crippen molar-refractivity contribution in [2.45, 2.75) is 46.1 Å². The third-order valence-electron chi connectivity index (χ3n) is 6.23. The first-order valence-corrected chi connectivity index (χ1v) is 9.93. The van der Waals surface area contributed by atoms with Crippen molar-refractivity contribution in [3.63, 3.8) is 0 Å².